The molecule has 0 spiro atoms. The second-order valence-corrected chi connectivity index (χ2v) is 7.16. The van der Waals surface area contributed by atoms with E-state index in [2.05, 4.69) is 10.0 Å². The van der Waals surface area contributed by atoms with E-state index in [0.717, 1.165) is 0 Å². The summed E-state index contributed by atoms with van der Waals surface area (Å²) in [6, 6.07) is 11.0. The predicted octanol–water partition coefficient (Wildman–Crippen LogP) is 2.56. The first-order valence-corrected chi connectivity index (χ1v) is 8.93. The number of carbonyl (C=O) groups is 1. The number of non-ortho nitro benzene ring substituents is 1. The second-order valence-electron chi connectivity index (χ2n) is 4.95. The van der Waals surface area contributed by atoms with Gasteiger partial charge in [-0.25, -0.2) is 13.1 Å². The zero-order chi connectivity index (χ0) is 18.4. The molecule has 2 aromatic carbocycles. The number of amides is 1. The lowest BCUT2D eigenvalue weighted by Crippen LogP contribution is -2.27. The minimum Gasteiger partial charge on any atom is -0.326 e. The molecule has 0 aliphatic carbocycles. The number of anilines is 1. The summed E-state index contributed by atoms with van der Waals surface area (Å²) in [5.41, 5.74) is 0.296. The summed E-state index contributed by atoms with van der Waals surface area (Å²) in [5, 5.41) is 13.5. The second kappa shape index (κ2) is 8.06. The Kier molecular flexibility index (Phi) is 6.07. The van der Waals surface area contributed by atoms with E-state index in [1.807, 2.05) is 0 Å². The average Bonchev–Trinajstić information content (AvgIpc) is 2.55. The molecule has 8 nitrogen and oxygen atoms in total. The maximum atomic E-state index is 12.0. The number of sulfonamides is 1. The zero-order valence-corrected chi connectivity index (χ0v) is 14.4. The molecule has 0 radical (unpaired) electrons. The van der Waals surface area contributed by atoms with Crippen LogP contribution in [0, 0.1) is 10.1 Å². The number of nitro benzene ring substituents is 1. The molecule has 0 aromatic heterocycles. The molecule has 0 aliphatic rings. The van der Waals surface area contributed by atoms with Crippen molar-refractivity contribution in [1.82, 2.24) is 4.72 Å². The molecule has 0 fully saturated rings. The van der Waals surface area contributed by atoms with E-state index in [-0.39, 0.29) is 23.5 Å². The maximum absolute atomic E-state index is 12.0. The van der Waals surface area contributed by atoms with Crippen molar-refractivity contribution in [3.63, 3.8) is 0 Å². The van der Waals surface area contributed by atoms with Gasteiger partial charge in [0.2, 0.25) is 15.9 Å². The van der Waals surface area contributed by atoms with E-state index in [1.165, 1.54) is 48.5 Å². The Balaban J connectivity index is 1.85. The van der Waals surface area contributed by atoms with Gasteiger partial charge in [-0.05, 0) is 36.4 Å². The van der Waals surface area contributed by atoms with Crippen LogP contribution in [-0.4, -0.2) is 25.8 Å². The van der Waals surface area contributed by atoms with Crippen LogP contribution in [0.5, 0.6) is 0 Å². The third-order valence-corrected chi connectivity index (χ3v) is 4.86. The van der Waals surface area contributed by atoms with Gasteiger partial charge >= 0.3 is 0 Å². The fourth-order valence-electron chi connectivity index (χ4n) is 1.89. The van der Waals surface area contributed by atoms with Crippen LogP contribution in [-0.2, 0) is 14.8 Å². The summed E-state index contributed by atoms with van der Waals surface area (Å²) in [5.74, 6) is -0.423. The highest BCUT2D eigenvalue weighted by Gasteiger charge is 2.14. The summed E-state index contributed by atoms with van der Waals surface area (Å²) in [6.07, 6.45) is -0.0934. The Labute approximate surface area is 149 Å². The Morgan fingerprint density at radius 2 is 1.68 bits per heavy atom. The van der Waals surface area contributed by atoms with Crippen molar-refractivity contribution in [2.75, 3.05) is 11.9 Å². The first-order valence-electron chi connectivity index (χ1n) is 7.07. The monoisotopic (exact) mass is 383 g/mol. The average molecular weight is 384 g/mol. The molecule has 1 amide bonds. The third kappa shape index (κ3) is 5.52. The first-order chi connectivity index (χ1) is 11.8. The summed E-state index contributed by atoms with van der Waals surface area (Å²) < 4.78 is 26.4. The number of halogens is 1. The number of rotatable bonds is 7. The molecular formula is C15H14ClN3O5S. The van der Waals surface area contributed by atoms with Crippen LogP contribution in [0.4, 0.5) is 11.4 Å². The van der Waals surface area contributed by atoms with Crippen molar-refractivity contribution in [1.29, 1.82) is 0 Å². The van der Waals surface area contributed by atoms with Gasteiger partial charge in [0.05, 0.1) is 9.82 Å². The van der Waals surface area contributed by atoms with Crippen molar-refractivity contribution < 1.29 is 18.1 Å². The molecule has 2 N–H and O–H groups in total. The number of hydrogen-bond acceptors (Lipinski definition) is 5. The Morgan fingerprint density at radius 1 is 1.08 bits per heavy atom. The van der Waals surface area contributed by atoms with Crippen LogP contribution in [0.1, 0.15) is 6.42 Å². The van der Waals surface area contributed by atoms with Gasteiger partial charge in [0.15, 0.2) is 0 Å². The molecule has 0 aliphatic heterocycles. The molecule has 10 heteroatoms. The number of hydrogen-bond donors (Lipinski definition) is 2. The summed E-state index contributed by atoms with van der Waals surface area (Å²) in [6.45, 7) is -0.0935. The molecule has 0 heterocycles. The largest absolute Gasteiger partial charge is 0.326 e. The SMILES string of the molecule is O=C(CCNS(=O)(=O)c1ccc(Cl)cc1)Nc1ccc([N+](=O)[O-])cc1. The number of carbonyl (C=O) groups excluding carboxylic acids is 1. The van der Waals surface area contributed by atoms with Gasteiger partial charge in [-0.3, -0.25) is 14.9 Å². The van der Waals surface area contributed by atoms with Gasteiger partial charge in [0, 0.05) is 35.8 Å². The standard InChI is InChI=1S/C15H14ClN3O5S/c16-11-1-7-14(8-2-11)25(23,24)17-10-9-15(20)18-12-3-5-13(6-4-12)19(21)22/h1-8,17H,9-10H2,(H,18,20). The van der Waals surface area contributed by atoms with Crippen LogP contribution in [0.2, 0.25) is 5.02 Å². The van der Waals surface area contributed by atoms with Gasteiger partial charge in [-0.2, -0.15) is 0 Å². The summed E-state index contributed by atoms with van der Waals surface area (Å²) in [4.78, 5) is 21.9. The number of nitro groups is 1. The van der Waals surface area contributed by atoms with Crippen molar-refractivity contribution in [2.24, 2.45) is 0 Å². The van der Waals surface area contributed by atoms with Gasteiger partial charge in [0.1, 0.15) is 0 Å². The van der Waals surface area contributed by atoms with Crippen LogP contribution in [0.25, 0.3) is 0 Å². The fourth-order valence-corrected chi connectivity index (χ4v) is 3.04. The molecule has 0 saturated heterocycles. The molecule has 25 heavy (non-hydrogen) atoms. The maximum Gasteiger partial charge on any atom is 0.269 e. The topological polar surface area (TPSA) is 118 Å². The quantitative estimate of drug-likeness (QED) is 0.562. The van der Waals surface area contributed by atoms with Crippen molar-refractivity contribution in [2.45, 2.75) is 11.3 Å². The van der Waals surface area contributed by atoms with Gasteiger partial charge < -0.3 is 5.32 Å². The minimum absolute atomic E-state index is 0.0488. The first kappa shape index (κ1) is 18.8. The van der Waals surface area contributed by atoms with Gasteiger partial charge in [-0.15, -0.1) is 0 Å². The van der Waals surface area contributed by atoms with Crippen LogP contribution < -0.4 is 10.0 Å². The van der Waals surface area contributed by atoms with Crippen LogP contribution in [0.15, 0.2) is 53.4 Å². The molecule has 0 saturated carbocycles. The van der Waals surface area contributed by atoms with Crippen molar-refractivity contribution in [3.8, 4) is 0 Å². The lowest BCUT2D eigenvalue weighted by molar-refractivity contribution is -0.384. The van der Waals surface area contributed by atoms with E-state index in [4.69, 9.17) is 11.6 Å². The smallest absolute Gasteiger partial charge is 0.269 e. The molecular weight excluding hydrogens is 370 g/mol. The third-order valence-electron chi connectivity index (χ3n) is 3.13. The molecule has 0 unspecified atom stereocenters. The highest BCUT2D eigenvalue weighted by molar-refractivity contribution is 7.89. The van der Waals surface area contributed by atoms with E-state index in [9.17, 15) is 23.3 Å². The van der Waals surface area contributed by atoms with E-state index in [1.54, 1.807) is 0 Å². The number of benzene rings is 2. The normalized spacial score (nSPS) is 11.1. The number of nitrogens with zero attached hydrogens (tertiary/aromatic N) is 1. The van der Waals surface area contributed by atoms with Crippen molar-refractivity contribution in [3.05, 3.63) is 63.7 Å². The number of nitrogens with one attached hydrogen (secondary N) is 2. The van der Waals surface area contributed by atoms with E-state index >= 15 is 0 Å². The molecule has 0 atom stereocenters. The Morgan fingerprint density at radius 3 is 2.24 bits per heavy atom. The predicted molar refractivity (Wildman–Crippen MR) is 93.0 cm³/mol. The summed E-state index contributed by atoms with van der Waals surface area (Å²) >= 11 is 5.71. The van der Waals surface area contributed by atoms with Crippen molar-refractivity contribution >= 4 is 38.9 Å². The van der Waals surface area contributed by atoms with Gasteiger partial charge in [-0.1, -0.05) is 11.6 Å². The highest BCUT2D eigenvalue weighted by Crippen LogP contribution is 2.16. The Hall–Kier alpha value is -2.49. The molecule has 0 bridgehead atoms. The van der Waals surface area contributed by atoms with Gasteiger partial charge in [0.25, 0.3) is 5.69 Å². The Bertz CT molecular complexity index is 867. The van der Waals surface area contributed by atoms with E-state index in [0.29, 0.717) is 10.7 Å². The fraction of sp³-hybridized carbons (Fsp3) is 0.133. The molecule has 2 rings (SSSR count). The van der Waals surface area contributed by atoms with E-state index < -0.39 is 20.9 Å². The van der Waals surface area contributed by atoms with Crippen LogP contribution >= 0.6 is 11.6 Å². The lowest BCUT2D eigenvalue weighted by Gasteiger charge is -2.08. The minimum atomic E-state index is -3.72. The molecule has 132 valence electrons. The van der Waals surface area contributed by atoms with Crippen LogP contribution in [0.3, 0.4) is 0 Å². The summed E-state index contributed by atoms with van der Waals surface area (Å²) in [7, 11) is -3.72. The zero-order valence-electron chi connectivity index (χ0n) is 12.8. The highest BCUT2D eigenvalue weighted by atomic mass is 35.5. The lowest BCUT2D eigenvalue weighted by atomic mass is 10.3. The molecule has 2 aromatic rings.